The molecular weight excluding hydrogens is 253 g/mol. The Morgan fingerprint density at radius 3 is 2.95 bits per heavy atom. The van der Waals surface area contributed by atoms with Crippen LogP contribution in [0, 0.1) is 12.7 Å². The topological polar surface area (TPSA) is 25.2 Å². The lowest BCUT2D eigenvalue weighted by atomic mass is 9.88. The number of halogens is 1. The monoisotopic (exact) mass is 273 g/mol. The molecule has 1 aliphatic heterocycles. The first-order chi connectivity index (χ1) is 9.72. The molecule has 0 bridgehead atoms. The molecule has 2 atom stereocenters. The highest BCUT2D eigenvalue weighted by atomic mass is 19.1. The van der Waals surface area contributed by atoms with Crippen molar-refractivity contribution in [2.75, 3.05) is 6.54 Å². The quantitative estimate of drug-likeness (QED) is 0.916. The summed E-state index contributed by atoms with van der Waals surface area (Å²) in [6, 6.07) is 9.64. The summed E-state index contributed by atoms with van der Waals surface area (Å²) in [5.41, 5.74) is 2.01. The van der Waals surface area contributed by atoms with Gasteiger partial charge in [-0.05, 0) is 68.1 Å². The van der Waals surface area contributed by atoms with Gasteiger partial charge in [-0.1, -0.05) is 6.07 Å². The van der Waals surface area contributed by atoms with Crippen molar-refractivity contribution in [2.45, 2.75) is 38.1 Å². The Balaban J connectivity index is 1.85. The SMILES string of the molecule is Cc1cc(F)cc(CC(c2ccco2)C2CCCN2)c1. The molecule has 1 aromatic carbocycles. The fraction of sp³-hybridized carbons (Fsp3) is 0.412. The zero-order valence-corrected chi connectivity index (χ0v) is 11.7. The summed E-state index contributed by atoms with van der Waals surface area (Å²) in [5.74, 6) is 1.11. The molecule has 2 aromatic rings. The second-order valence-corrected chi connectivity index (χ2v) is 5.67. The molecule has 106 valence electrons. The largest absolute Gasteiger partial charge is 0.469 e. The highest BCUT2D eigenvalue weighted by Crippen LogP contribution is 2.29. The summed E-state index contributed by atoms with van der Waals surface area (Å²) in [5, 5.41) is 3.54. The number of hydrogen-bond donors (Lipinski definition) is 1. The molecule has 0 aliphatic carbocycles. The Labute approximate surface area is 119 Å². The Bertz CT molecular complexity index is 538. The number of furan rings is 1. The van der Waals surface area contributed by atoms with Gasteiger partial charge in [-0.3, -0.25) is 0 Å². The minimum absolute atomic E-state index is 0.155. The summed E-state index contributed by atoms with van der Waals surface area (Å²) in [6.07, 6.45) is 4.88. The summed E-state index contributed by atoms with van der Waals surface area (Å²) in [6.45, 7) is 2.99. The molecule has 1 N–H and O–H groups in total. The maximum absolute atomic E-state index is 13.6. The first-order valence-corrected chi connectivity index (χ1v) is 7.25. The third-order valence-corrected chi connectivity index (χ3v) is 4.05. The Morgan fingerprint density at radius 1 is 1.40 bits per heavy atom. The number of rotatable bonds is 4. The van der Waals surface area contributed by atoms with E-state index in [9.17, 15) is 4.39 Å². The van der Waals surface area contributed by atoms with Gasteiger partial charge in [0.15, 0.2) is 0 Å². The van der Waals surface area contributed by atoms with E-state index in [0.29, 0.717) is 6.04 Å². The van der Waals surface area contributed by atoms with Crippen molar-refractivity contribution in [3.05, 3.63) is 59.3 Å². The van der Waals surface area contributed by atoms with Crippen LogP contribution in [-0.4, -0.2) is 12.6 Å². The molecule has 1 aromatic heterocycles. The molecule has 0 amide bonds. The molecule has 2 nitrogen and oxygen atoms in total. The van der Waals surface area contributed by atoms with E-state index in [0.717, 1.165) is 36.3 Å². The van der Waals surface area contributed by atoms with Gasteiger partial charge in [-0.25, -0.2) is 4.39 Å². The van der Waals surface area contributed by atoms with E-state index < -0.39 is 0 Å². The second-order valence-electron chi connectivity index (χ2n) is 5.67. The average molecular weight is 273 g/mol. The van der Waals surface area contributed by atoms with Crippen LogP contribution in [0.5, 0.6) is 0 Å². The van der Waals surface area contributed by atoms with Crippen molar-refractivity contribution >= 4 is 0 Å². The fourth-order valence-corrected chi connectivity index (χ4v) is 3.18. The average Bonchev–Trinajstić information content (AvgIpc) is 3.08. The molecule has 1 saturated heterocycles. The first-order valence-electron chi connectivity index (χ1n) is 7.25. The summed E-state index contributed by atoms with van der Waals surface area (Å²) < 4.78 is 19.2. The van der Waals surface area contributed by atoms with Crippen LogP contribution in [0.4, 0.5) is 4.39 Å². The van der Waals surface area contributed by atoms with Crippen molar-refractivity contribution < 1.29 is 8.81 Å². The Morgan fingerprint density at radius 2 is 2.30 bits per heavy atom. The Hall–Kier alpha value is -1.61. The van der Waals surface area contributed by atoms with E-state index in [4.69, 9.17) is 4.42 Å². The zero-order valence-electron chi connectivity index (χ0n) is 11.7. The third-order valence-electron chi connectivity index (χ3n) is 4.05. The molecule has 20 heavy (non-hydrogen) atoms. The number of hydrogen-bond acceptors (Lipinski definition) is 2. The van der Waals surface area contributed by atoms with Crippen molar-refractivity contribution in [3.8, 4) is 0 Å². The van der Waals surface area contributed by atoms with Gasteiger partial charge in [0.1, 0.15) is 11.6 Å². The van der Waals surface area contributed by atoms with Crippen LogP contribution in [0.15, 0.2) is 41.0 Å². The van der Waals surface area contributed by atoms with Crippen LogP contribution in [0.2, 0.25) is 0 Å². The van der Waals surface area contributed by atoms with Gasteiger partial charge < -0.3 is 9.73 Å². The minimum atomic E-state index is -0.155. The molecule has 1 fully saturated rings. The Kier molecular flexibility index (Phi) is 3.88. The predicted molar refractivity (Wildman–Crippen MR) is 77.3 cm³/mol. The predicted octanol–water partition coefficient (Wildman–Crippen LogP) is 3.81. The number of aryl methyl sites for hydroxylation is 1. The van der Waals surface area contributed by atoms with Crippen LogP contribution < -0.4 is 5.32 Å². The normalized spacial score (nSPS) is 20.2. The van der Waals surface area contributed by atoms with E-state index in [-0.39, 0.29) is 11.7 Å². The van der Waals surface area contributed by atoms with Crippen LogP contribution >= 0.6 is 0 Å². The van der Waals surface area contributed by atoms with Gasteiger partial charge >= 0.3 is 0 Å². The summed E-state index contributed by atoms with van der Waals surface area (Å²) in [4.78, 5) is 0. The van der Waals surface area contributed by atoms with E-state index in [1.807, 2.05) is 19.1 Å². The fourth-order valence-electron chi connectivity index (χ4n) is 3.18. The second kappa shape index (κ2) is 5.80. The smallest absolute Gasteiger partial charge is 0.123 e. The van der Waals surface area contributed by atoms with Gasteiger partial charge in [0.25, 0.3) is 0 Å². The molecule has 3 rings (SSSR count). The van der Waals surface area contributed by atoms with Crippen LogP contribution in [0.25, 0.3) is 0 Å². The lowest BCUT2D eigenvalue weighted by Crippen LogP contribution is -2.30. The zero-order chi connectivity index (χ0) is 13.9. The van der Waals surface area contributed by atoms with Crippen molar-refractivity contribution in [2.24, 2.45) is 0 Å². The van der Waals surface area contributed by atoms with Crippen molar-refractivity contribution in [1.82, 2.24) is 5.32 Å². The number of nitrogens with one attached hydrogen (secondary N) is 1. The lowest BCUT2D eigenvalue weighted by molar-refractivity contribution is 0.394. The van der Waals surface area contributed by atoms with Crippen LogP contribution in [0.1, 0.15) is 35.6 Å². The molecule has 2 heterocycles. The minimum Gasteiger partial charge on any atom is -0.469 e. The molecule has 1 aliphatic rings. The van der Waals surface area contributed by atoms with Gasteiger partial charge in [0, 0.05) is 12.0 Å². The molecule has 0 saturated carbocycles. The standard InChI is InChI=1S/C17H20FNO/c1-12-8-13(10-14(18)9-12)11-15(16-4-2-6-19-16)17-5-3-7-20-17/h3,5,7-10,15-16,19H,2,4,6,11H2,1H3. The number of benzene rings is 1. The van der Waals surface area contributed by atoms with Crippen LogP contribution in [0.3, 0.4) is 0 Å². The van der Waals surface area contributed by atoms with Crippen molar-refractivity contribution in [1.29, 1.82) is 0 Å². The van der Waals surface area contributed by atoms with E-state index in [1.165, 1.54) is 6.42 Å². The third kappa shape index (κ3) is 2.93. The van der Waals surface area contributed by atoms with E-state index >= 15 is 0 Å². The van der Waals surface area contributed by atoms with Gasteiger partial charge in [0.2, 0.25) is 0 Å². The van der Waals surface area contributed by atoms with Crippen molar-refractivity contribution in [3.63, 3.8) is 0 Å². The summed E-state index contributed by atoms with van der Waals surface area (Å²) >= 11 is 0. The lowest BCUT2D eigenvalue weighted by Gasteiger charge is -2.22. The maximum Gasteiger partial charge on any atom is 0.123 e. The van der Waals surface area contributed by atoms with Crippen LogP contribution in [-0.2, 0) is 6.42 Å². The molecule has 2 unspecified atom stereocenters. The maximum atomic E-state index is 13.6. The van der Waals surface area contributed by atoms with E-state index in [2.05, 4.69) is 11.4 Å². The highest BCUT2D eigenvalue weighted by molar-refractivity contribution is 5.26. The first kappa shape index (κ1) is 13.4. The van der Waals surface area contributed by atoms with Gasteiger partial charge in [-0.2, -0.15) is 0 Å². The molecule has 0 radical (unpaired) electrons. The molecular formula is C17H20FNO. The highest BCUT2D eigenvalue weighted by Gasteiger charge is 2.28. The summed E-state index contributed by atoms with van der Waals surface area (Å²) in [7, 11) is 0. The molecule has 3 heteroatoms. The van der Waals surface area contributed by atoms with Gasteiger partial charge in [-0.15, -0.1) is 0 Å². The van der Waals surface area contributed by atoms with Gasteiger partial charge in [0.05, 0.1) is 6.26 Å². The molecule has 0 spiro atoms. The van der Waals surface area contributed by atoms with E-state index in [1.54, 1.807) is 18.4 Å².